The first kappa shape index (κ1) is 27.7. The Morgan fingerprint density at radius 2 is 0.630 bits per heavy atom. The van der Waals surface area contributed by atoms with Crippen LogP contribution in [0.3, 0.4) is 0 Å². The second-order valence-electron chi connectivity index (χ2n) is 16.2. The van der Waals surface area contributed by atoms with E-state index in [0.717, 1.165) is 67.3 Å². The van der Waals surface area contributed by atoms with Gasteiger partial charge in [0, 0.05) is 45.0 Å². The molecule has 0 fully saturated rings. The first-order valence-corrected chi connectivity index (χ1v) is 18.8. The van der Waals surface area contributed by atoms with Crippen LogP contribution in [0.25, 0.3) is 22.3 Å². The van der Waals surface area contributed by atoms with E-state index in [0.29, 0.717) is 33.6 Å². The highest BCUT2D eigenvalue weighted by Gasteiger charge is 2.42. The van der Waals surface area contributed by atoms with Gasteiger partial charge in [-0.2, -0.15) is 0 Å². The first-order valence-electron chi connectivity index (χ1n) is 21.8. The fourth-order valence-electron chi connectivity index (χ4n) is 8.26. The van der Waals surface area contributed by atoms with Crippen LogP contribution in [0, 0.1) is 27.7 Å². The summed E-state index contributed by atoms with van der Waals surface area (Å²) in [5.41, 5.74) is 12.8. The van der Waals surface area contributed by atoms with Crippen molar-refractivity contribution in [2.24, 2.45) is 0 Å². The van der Waals surface area contributed by atoms with Gasteiger partial charge in [0.2, 0.25) is 0 Å². The van der Waals surface area contributed by atoms with Crippen molar-refractivity contribution in [1.29, 1.82) is 0 Å². The van der Waals surface area contributed by atoms with E-state index in [9.17, 15) is 8.22 Å². The fraction of sp³-hybridized carbons (Fsp3) is 0.192. The van der Waals surface area contributed by atoms with Crippen LogP contribution < -0.4 is 9.80 Å². The molecule has 0 spiro atoms. The van der Waals surface area contributed by atoms with Crippen molar-refractivity contribution in [3.63, 3.8) is 0 Å². The highest BCUT2D eigenvalue weighted by Crippen LogP contribution is 2.57. The maximum absolute atomic E-state index is 9.96. The van der Waals surface area contributed by atoms with Crippen LogP contribution in [0.4, 0.5) is 34.1 Å². The predicted molar refractivity (Wildman–Crippen MR) is 230 cm³/mol. The lowest BCUT2D eigenvalue weighted by atomic mass is 9.79. The maximum atomic E-state index is 9.96. The summed E-state index contributed by atoms with van der Waals surface area (Å²) in [5.74, 6) is 0. The lowest BCUT2D eigenvalue weighted by molar-refractivity contribution is 0.652. The van der Waals surface area contributed by atoms with E-state index in [-0.39, 0.29) is 36.3 Å². The second-order valence-corrected chi connectivity index (χ2v) is 16.2. The molecule has 0 saturated heterocycles. The van der Waals surface area contributed by atoms with Crippen molar-refractivity contribution in [2.45, 2.75) is 66.2 Å². The van der Waals surface area contributed by atoms with Gasteiger partial charge in [-0.3, -0.25) is 0 Å². The molecule has 7 aromatic carbocycles. The van der Waals surface area contributed by atoms with Gasteiger partial charge in [-0.1, -0.05) is 111 Å². The maximum Gasteiger partial charge on any atom is 0.0648 e. The number of rotatable bonds is 6. The van der Waals surface area contributed by atoms with E-state index in [4.69, 9.17) is 0 Å². The molecule has 0 N–H and O–H groups in total. The highest BCUT2D eigenvalue weighted by molar-refractivity contribution is 5.92. The normalized spacial score (nSPS) is 15.8. The van der Waals surface area contributed by atoms with Crippen LogP contribution in [0.15, 0.2) is 145 Å². The predicted octanol–water partition coefficient (Wildman–Crippen LogP) is 14.5. The molecular weight excluding hydrogens is 653 g/mol. The number of fused-ring (bicyclic) bond motifs is 6. The Kier molecular flexibility index (Phi) is 6.34. The molecule has 2 heteroatoms. The van der Waals surface area contributed by atoms with Crippen LogP contribution in [-0.4, -0.2) is 0 Å². The van der Waals surface area contributed by atoms with Crippen LogP contribution in [0.1, 0.15) is 80.4 Å². The van der Waals surface area contributed by atoms with Gasteiger partial charge >= 0.3 is 0 Å². The highest BCUT2D eigenvalue weighted by atomic mass is 15.1. The molecule has 0 heterocycles. The third kappa shape index (κ3) is 5.38. The third-order valence-electron chi connectivity index (χ3n) is 11.5. The van der Waals surface area contributed by atoms with Gasteiger partial charge in [0.05, 0.1) is 8.22 Å². The van der Waals surface area contributed by atoms with Gasteiger partial charge in [-0.15, -0.1) is 0 Å². The quantitative estimate of drug-likeness (QED) is 0.170. The standard InChI is InChI=1S/C52H48N2/c1-33-9-17-37(18-10-33)53(38-19-11-34(2)12-20-38)41-25-27-43-45-31-50-46(32-49(45)51(5,6)47(43)29-41)44-28-26-42(30-48(44)52(50,7)8)54(39-21-13-35(3)14-22-39)40-23-15-36(4)16-24-40/h9-32H,1-8H3/i25D,26D,27D,28D,29D,30D. The molecule has 0 aliphatic heterocycles. The minimum atomic E-state index is -0.752. The summed E-state index contributed by atoms with van der Waals surface area (Å²) >= 11 is 0. The summed E-state index contributed by atoms with van der Waals surface area (Å²) in [5, 5.41) is 0. The summed E-state index contributed by atoms with van der Waals surface area (Å²) < 4.78 is 58.6. The number of hydrogen-bond acceptors (Lipinski definition) is 2. The lowest BCUT2D eigenvalue weighted by Gasteiger charge is -2.28. The number of anilines is 6. The van der Waals surface area contributed by atoms with Crippen molar-refractivity contribution in [3.05, 3.63) is 190 Å². The van der Waals surface area contributed by atoms with Crippen molar-refractivity contribution in [3.8, 4) is 22.3 Å². The zero-order valence-electron chi connectivity index (χ0n) is 38.3. The molecule has 54 heavy (non-hydrogen) atoms. The molecule has 0 saturated carbocycles. The molecule has 2 aliphatic carbocycles. The zero-order chi connectivity index (χ0) is 42.7. The number of benzene rings is 7. The summed E-state index contributed by atoms with van der Waals surface area (Å²) in [6.07, 6.45) is 0. The van der Waals surface area contributed by atoms with Crippen LogP contribution in [-0.2, 0) is 10.8 Å². The van der Waals surface area contributed by atoms with E-state index in [1.54, 1.807) is 0 Å². The molecule has 0 aromatic heterocycles. The van der Waals surface area contributed by atoms with Crippen molar-refractivity contribution >= 4 is 34.1 Å². The zero-order valence-corrected chi connectivity index (χ0v) is 32.3. The Bertz CT molecular complexity index is 2600. The smallest absolute Gasteiger partial charge is 0.0648 e. The summed E-state index contributed by atoms with van der Waals surface area (Å²) in [6, 6.07) is 36.9. The summed E-state index contributed by atoms with van der Waals surface area (Å²) in [6.45, 7) is 16.4. The molecule has 9 rings (SSSR count). The average Bonchev–Trinajstić information content (AvgIpc) is 3.60. The lowest BCUT2D eigenvalue weighted by Crippen LogP contribution is -2.18. The Morgan fingerprint density at radius 3 is 0.907 bits per heavy atom. The summed E-state index contributed by atoms with van der Waals surface area (Å²) in [4.78, 5) is 3.87. The van der Waals surface area contributed by atoms with Crippen molar-refractivity contribution in [2.75, 3.05) is 9.80 Å². The molecule has 2 nitrogen and oxygen atoms in total. The van der Waals surface area contributed by atoms with E-state index < -0.39 is 10.8 Å². The average molecular weight is 707 g/mol. The monoisotopic (exact) mass is 706 g/mol. The molecule has 0 unspecified atom stereocenters. The molecule has 7 aromatic rings. The molecule has 0 bridgehead atoms. The second kappa shape index (κ2) is 12.4. The molecular formula is C52H48N2. The Hall–Kier alpha value is -5.86. The van der Waals surface area contributed by atoms with Crippen LogP contribution in [0.2, 0.25) is 0 Å². The topological polar surface area (TPSA) is 6.48 Å². The van der Waals surface area contributed by atoms with E-state index in [1.807, 2.05) is 135 Å². The Balaban J connectivity index is 1.25. The minimum absolute atomic E-state index is 0.0238. The van der Waals surface area contributed by atoms with Gasteiger partial charge in [-0.05, 0) is 157 Å². The van der Waals surface area contributed by atoms with Crippen molar-refractivity contribution < 1.29 is 8.22 Å². The third-order valence-corrected chi connectivity index (χ3v) is 11.5. The SMILES string of the molecule is [2H]c1c([2H])c(N(c2ccc(C)cc2)c2ccc(C)cc2)c([2H])c2c1-c1cc3c(cc1C2(C)C)-c1c([2H])c([2H])c(N(c2ccc(C)cc2)c2ccc(C)cc2)c([2H])c1C3(C)C. The van der Waals surface area contributed by atoms with E-state index in [1.165, 1.54) is 0 Å². The fourth-order valence-corrected chi connectivity index (χ4v) is 8.26. The van der Waals surface area contributed by atoms with E-state index >= 15 is 0 Å². The van der Waals surface area contributed by atoms with Gasteiger partial charge in [0.1, 0.15) is 0 Å². The van der Waals surface area contributed by atoms with Crippen LogP contribution >= 0.6 is 0 Å². The van der Waals surface area contributed by atoms with Gasteiger partial charge < -0.3 is 9.80 Å². The minimum Gasteiger partial charge on any atom is -0.310 e. The van der Waals surface area contributed by atoms with Gasteiger partial charge in [0.15, 0.2) is 0 Å². The Morgan fingerprint density at radius 1 is 0.352 bits per heavy atom. The van der Waals surface area contributed by atoms with Crippen LogP contribution in [0.5, 0.6) is 0 Å². The number of nitrogens with zero attached hydrogens (tertiary/aromatic N) is 2. The molecule has 0 amide bonds. The summed E-state index contributed by atoms with van der Waals surface area (Å²) in [7, 11) is 0. The number of aryl methyl sites for hydroxylation is 4. The Labute approximate surface area is 329 Å². The van der Waals surface area contributed by atoms with Gasteiger partial charge in [0.25, 0.3) is 0 Å². The van der Waals surface area contributed by atoms with Crippen molar-refractivity contribution in [1.82, 2.24) is 0 Å². The molecule has 2 aliphatic rings. The molecule has 0 atom stereocenters. The number of hydrogen-bond donors (Lipinski definition) is 0. The first-order chi connectivity index (χ1) is 28.4. The molecule has 266 valence electrons. The largest absolute Gasteiger partial charge is 0.310 e. The van der Waals surface area contributed by atoms with E-state index in [2.05, 4.69) is 39.8 Å². The molecule has 0 radical (unpaired) electrons. The van der Waals surface area contributed by atoms with Gasteiger partial charge in [-0.25, -0.2) is 0 Å².